The number of hydrogen-bond donors (Lipinski definition) is 0. The molecule has 5 heteroatoms. The topological polar surface area (TPSA) is 34.9 Å². The zero-order valence-electron chi connectivity index (χ0n) is 11.9. The minimum absolute atomic E-state index is 0.0496. The number of nitrogens with zero attached hydrogens (tertiary/aromatic N) is 2. The number of thiophene rings is 1. The van der Waals surface area contributed by atoms with Crippen LogP contribution in [0.4, 0.5) is 0 Å². The minimum Gasteiger partial charge on any atom is -0.267 e. The third-order valence-corrected chi connectivity index (χ3v) is 5.01. The second-order valence-electron chi connectivity index (χ2n) is 5.09. The second kappa shape index (κ2) is 5.65. The van der Waals surface area contributed by atoms with E-state index in [4.69, 9.17) is 11.6 Å². The van der Waals surface area contributed by atoms with Crippen LogP contribution in [0.25, 0.3) is 26.3 Å². The number of rotatable bonds is 2. The van der Waals surface area contributed by atoms with Crippen LogP contribution in [0.2, 0.25) is 5.02 Å². The Hall–Kier alpha value is -2.43. The Labute approximate surface area is 141 Å². The van der Waals surface area contributed by atoms with Gasteiger partial charge in [0.05, 0.1) is 11.2 Å². The van der Waals surface area contributed by atoms with E-state index in [1.165, 1.54) is 11.3 Å². The lowest BCUT2D eigenvalue weighted by atomic mass is 10.2. The van der Waals surface area contributed by atoms with E-state index in [1.807, 2.05) is 60.7 Å². The van der Waals surface area contributed by atoms with E-state index < -0.39 is 0 Å². The maximum absolute atomic E-state index is 12.7. The first-order valence-electron chi connectivity index (χ1n) is 7.05. The normalized spacial score (nSPS) is 11.0. The summed E-state index contributed by atoms with van der Waals surface area (Å²) in [5.74, 6) is 0. The molecule has 2 aromatic carbocycles. The van der Waals surface area contributed by atoms with Gasteiger partial charge in [-0.05, 0) is 35.9 Å². The van der Waals surface area contributed by atoms with E-state index >= 15 is 0 Å². The average Bonchev–Trinajstić information content (AvgIpc) is 3.02. The Morgan fingerprint density at radius 2 is 1.74 bits per heavy atom. The molecule has 2 aromatic heterocycles. The minimum atomic E-state index is -0.0496. The molecule has 0 amide bonds. The summed E-state index contributed by atoms with van der Waals surface area (Å²) in [6, 6.07) is 19.0. The molecular formula is C18H11ClN2OS. The van der Waals surface area contributed by atoms with Gasteiger partial charge < -0.3 is 0 Å². The van der Waals surface area contributed by atoms with Crippen molar-refractivity contribution in [3.63, 3.8) is 0 Å². The monoisotopic (exact) mass is 338 g/mol. The van der Waals surface area contributed by atoms with E-state index in [0.29, 0.717) is 9.72 Å². The zero-order valence-corrected chi connectivity index (χ0v) is 13.5. The molecule has 0 atom stereocenters. The van der Waals surface area contributed by atoms with E-state index in [-0.39, 0.29) is 5.56 Å². The van der Waals surface area contributed by atoms with Crippen molar-refractivity contribution in [3.8, 4) is 16.1 Å². The molecule has 0 saturated heterocycles. The molecule has 0 N–H and O–H groups in total. The van der Waals surface area contributed by atoms with Crippen molar-refractivity contribution in [1.29, 1.82) is 0 Å². The first-order chi connectivity index (χ1) is 11.2. The molecule has 0 unspecified atom stereocenters. The summed E-state index contributed by atoms with van der Waals surface area (Å²) in [5.41, 5.74) is 2.51. The molecule has 0 fully saturated rings. The Kier molecular flexibility index (Phi) is 3.48. The fourth-order valence-corrected chi connectivity index (χ4v) is 3.61. The predicted molar refractivity (Wildman–Crippen MR) is 95.7 cm³/mol. The number of benzene rings is 2. The number of para-hydroxylation sites is 1. The van der Waals surface area contributed by atoms with Gasteiger partial charge in [0, 0.05) is 9.90 Å². The highest BCUT2D eigenvalue weighted by molar-refractivity contribution is 7.22. The van der Waals surface area contributed by atoms with Crippen LogP contribution in [0.15, 0.2) is 71.8 Å². The van der Waals surface area contributed by atoms with E-state index in [2.05, 4.69) is 4.98 Å². The smallest absolute Gasteiger partial charge is 0.267 e. The number of aromatic nitrogens is 2. The maximum atomic E-state index is 12.7. The fraction of sp³-hybridized carbons (Fsp3) is 0. The summed E-state index contributed by atoms with van der Waals surface area (Å²) < 4.78 is 2.23. The summed E-state index contributed by atoms with van der Waals surface area (Å²) in [5, 5.41) is 0.694. The summed E-state index contributed by atoms with van der Waals surface area (Å²) >= 11 is 7.38. The largest absolute Gasteiger partial charge is 0.275 e. The molecule has 2 heterocycles. The molecule has 0 spiro atoms. The van der Waals surface area contributed by atoms with Gasteiger partial charge in [-0.3, -0.25) is 9.36 Å². The molecule has 0 saturated carbocycles. The van der Waals surface area contributed by atoms with Crippen molar-refractivity contribution in [1.82, 2.24) is 9.55 Å². The first kappa shape index (κ1) is 14.2. The SMILES string of the molecule is O=c1c2sc(-c3ccc(Cl)cc3)cc2ncn1-c1ccccc1. The number of hydrogen-bond acceptors (Lipinski definition) is 3. The Balaban J connectivity index is 1.88. The molecule has 23 heavy (non-hydrogen) atoms. The molecule has 4 aromatic rings. The van der Waals surface area contributed by atoms with Gasteiger partial charge in [0.15, 0.2) is 0 Å². The van der Waals surface area contributed by atoms with Crippen LogP contribution in [-0.4, -0.2) is 9.55 Å². The van der Waals surface area contributed by atoms with Crippen molar-refractivity contribution >= 4 is 33.2 Å². The van der Waals surface area contributed by atoms with Crippen LogP contribution in [0.1, 0.15) is 0 Å². The van der Waals surface area contributed by atoms with Gasteiger partial charge in [-0.1, -0.05) is 41.9 Å². The molecule has 112 valence electrons. The second-order valence-corrected chi connectivity index (χ2v) is 6.58. The van der Waals surface area contributed by atoms with Crippen LogP contribution in [0.5, 0.6) is 0 Å². The molecule has 0 aliphatic rings. The van der Waals surface area contributed by atoms with Gasteiger partial charge in [0.2, 0.25) is 0 Å². The predicted octanol–water partition coefficient (Wildman–Crippen LogP) is 4.77. The zero-order chi connectivity index (χ0) is 15.8. The van der Waals surface area contributed by atoms with Gasteiger partial charge in [-0.25, -0.2) is 4.98 Å². The fourth-order valence-electron chi connectivity index (χ4n) is 2.44. The van der Waals surface area contributed by atoms with Crippen LogP contribution in [-0.2, 0) is 0 Å². The third-order valence-electron chi connectivity index (χ3n) is 3.60. The van der Waals surface area contributed by atoms with Gasteiger partial charge >= 0.3 is 0 Å². The van der Waals surface area contributed by atoms with Crippen molar-refractivity contribution < 1.29 is 0 Å². The van der Waals surface area contributed by atoms with Crippen LogP contribution >= 0.6 is 22.9 Å². The average molecular weight is 339 g/mol. The summed E-state index contributed by atoms with van der Waals surface area (Å²) in [4.78, 5) is 18.2. The summed E-state index contributed by atoms with van der Waals surface area (Å²) in [6.07, 6.45) is 1.58. The van der Waals surface area contributed by atoms with Crippen molar-refractivity contribution in [2.24, 2.45) is 0 Å². The molecule has 3 nitrogen and oxygen atoms in total. The highest BCUT2D eigenvalue weighted by atomic mass is 35.5. The summed E-state index contributed by atoms with van der Waals surface area (Å²) in [7, 11) is 0. The Morgan fingerprint density at radius 3 is 2.48 bits per heavy atom. The summed E-state index contributed by atoms with van der Waals surface area (Å²) in [6.45, 7) is 0. The van der Waals surface area contributed by atoms with E-state index in [9.17, 15) is 4.79 Å². The Morgan fingerprint density at radius 1 is 1.00 bits per heavy atom. The standard InChI is InChI=1S/C18H11ClN2OS/c19-13-8-6-12(7-9-13)16-10-15-17(23-16)18(22)21(11-20-15)14-4-2-1-3-5-14/h1-11H. The quantitative estimate of drug-likeness (QED) is 0.528. The van der Waals surface area contributed by atoms with Gasteiger partial charge in [0.25, 0.3) is 5.56 Å². The molecule has 0 aliphatic carbocycles. The molecule has 0 radical (unpaired) electrons. The van der Waals surface area contributed by atoms with Crippen LogP contribution in [0, 0.1) is 0 Å². The van der Waals surface area contributed by atoms with Gasteiger partial charge in [-0.2, -0.15) is 0 Å². The van der Waals surface area contributed by atoms with Crippen molar-refractivity contribution in [2.45, 2.75) is 0 Å². The number of halogens is 1. The highest BCUT2D eigenvalue weighted by Crippen LogP contribution is 2.31. The molecule has 0 aliphatic heterocycles. The first-order valence-corrected chi connectivity index (χ1v) is 8.24. The molecular weight excluding hydrogens is 328 g/mol. The lowest BCUT2D eigenvalue weighted by molar-refractivity contribution is 0.967. The highest BCUT2D eigenvalue weighted by Gasteiger charge is 2.11. The van der Waals surface area contributed by atoms with Crippen LogP contribution in [0.3, 0.4) is 0 Å². The molecule has 0 bridgehead atoms. The van der Waals surface area contributed by atoms with E-state index in [1.54, 1.807) is 10.9 Å². The number of fused-ring (bicyclic) bond motifs is 1. The third kappa shape index (κ3) is 2.56. The maximum Gasteiger partial charge on any atom is 0.275 e. The molecule has 4 rings (SSSR count). The van der Waals surface area contributed by atoms with Gasteiger partial charge in [-0.15, -0.1) is 11.3 Å². The van der Waals surface area contributed by atoms with Crippen LogP contribution < -0.4 is 5.56 Å². The lowest BCUT2D eigenvalue weighted by Gasteiger charge is -2.03. The Bertz CT molecular complexity index is 1040. The van der Waals surface area contributed by atoms with Gasteiger partial charge in [0.1, 0.15) is 11.0 Å². The lowest BCUT2D eigenvalue weighted by Crippen LogP contribution is -2.17. The van der Waals surface area contributed by atoms with Crippen molar-refractivity contribution in [2.75, 3.05) is 0 Å². The van der Waals surface area contributed by atoms with Crippen molar-refractivity contribution in [3.05, 3.63) is 82.4 Å². The van der Waals surface area contributed by atoms with E-state index in [0.717, 1.165) is 21.6 Å².